The van der Waals surface area contributed by atoms with Crippen molar-refractivity contribution in [1.29, 1.82) is 0 Å². The summed E-state index contributed by atoms with van der Waals surface area (Å²) >= 11 is 0. The summed E-state index contributed by atoms with van der Waals surface area (Å²) in [5, 5.41) is 5.79. The molecule has 1 fully saturated rings. The van der Waals surface area contributed by atoms with E-state index in [1.807, 2.05) is 36.4 Å². The van der Waals surface area contributed by atoms with E-state index in [9.17, 15) is 4.79 Å². The highest BCUT2D eigenvalue weighted by atomic mass is 16.5. The van der Waals surface area contributed by atoms with Crippen molar-refractivity contribution in [2.75, 3.05) is 37.5 Å². The van der Waals surface area contributed by atoms with Gasteiger partial charge in [0, 0.05) is 37.6 Å². The molecule has 1 aliphatic rings. The third-order valence-electron chi connectivity index (χ3n) is 5.17. The van der Waals surface area contributed by atoms with Gasteiger partial charge in [0.05, 0.1) is 13.2 Å². The first kappa shape index (κ1) is 20.8. The summed E-state index contributed by atoms with van der Waals surface area (Å²) in [5.41, 5.74) is 1.86. The van der Waals surface area contributed by atoms with E-state index in [1.165, 1.54) is 18.5 Å². The lowest BCUT2D eigenvalue weighted by atomic mass is 10.2. The standard InChI is InChI=1S/C23H31N3O3/c1-26(19-9-4-3-5-10-19)16-8-15-24-23(27)25-18-13-14-21(28-2)22(17-18)29-20-11-6-7-12-20/h3-5,9-10,13-14,17,20H,6-8,11-12,15-16H2,1-2H3,(H2,24,25,27). The zero-order chi connectivity index (χ0) is 20.5. The number of benzene rings is 2. The van der Waals surface area contributed by atoms with Crippen LogP contribution in [-0.4, -0.2) is 39.4 Å². The first-order valence-electron chi connectivity index (χ1n) is 10.3. The van der Waals surface area contributed by atoms with Gasteiger partial charge in [0.2, 0.25) is 0 Å². The molecule has 3 rings (SSSR count). The van der Waals surface area contributed by atoms with Gasteiger partial charge >= 0.3 is 6.03 Å². The third kappa shape index (κ3) is 6.31. The third-order valence-corrected chi connectivity index (χ3v) is 5.17. The Hall–Kier alpha value is -2.89. The second-order valence-corrected chi connectivity index (χ2v) is 7.38. The lowest BCUT2D eigenvalue weighted by molar-refractivity contribution is 0.201. The molecule has 29 heavy (non-hydrogen) atoms. The largest absolute Gasteiger partial charge is 0.493 e. The average Bonchev–Trinajstić information content (AvgIpc) is 3.25. The second kappa shape index (κ2) is 10.6. The van der Waals surface area contributed by atoms with Crippen molar-refractivity contribution >= 4 is 17.4 Å². The molecule has 2 N–H and O–H groups in total. The van der Waals surface area contributed by atoms with E-state index in [0.29, 0.717) is 23.7 Å². The number of nitrogens with zero attached hydrogens (tertiary/aromatic N) is 1. The van der Waals surface area contributed by atoms with Gasteiger partial charge in [-0.15, -0.1) is 0 Å². The van der Waals surface area contributed by atoms with Gasteiger partial charge in [-0.3, -0.25) is 0 Å². The van der Waals surface area contributed by atoms with Gasteiger partial charge in [0.15, 0.2) is 11.5 Å². The van der Waals surface area contributed by atoms with Crippen molar-refractivity contribution in [1.82, 2.24) is 5.32 Å². The van der Waals surface area contributed by atoms with E-state index in [0.717, 1.165) is 25.8 Å². The second-order valence-electron chi connectivity index (χ2n) is 7.38. The maximum absolute atomic E-state index is 12.2. The van der Waals surface area contributed by atoms with Crippen LogP contribution in [0.3, 0.4) is 0 Å². The van der Waals surface area contributed by atoms with Gasteiger partial charge in [0.1, 0.15) is 0 Å². The zero-order valence-electron chi connectivity index (χ0n) is 17.3. The van der Waals surface area contributed by atoms with Crippen molar-refractivity contribution in [3.05, 3.63) is 48.5 Å². The minimum absolute atomic E-state index is 0.218. The fourth-order valence-corrected chi connectivity index (χ4v) is 3.54. The number of hydrogen-bond donors (Lipinski definition) is 2. The van der Waals surface area contributed by atoms with Crippen LogP contribution in [0.15, 0.2) is 48.5 Å². The molecule has 6 heteroatoms. The van der Waals surface area contributed by atoms with Crippen molar-refractivity contribution in [2.45, 2.75) is 38.2 Å². The van der Waals surface area contributed by atoms with Crippen molar-refractivity contribution in [3.8, 4) is 11.5 Å². The number of carbonyl (C=O) groups is 1. The number of rotatable bonds is 9. The van der Waals surface area contributed by atoms with Gasteiger partial charge in [-0.05, 0) is 56.4 Å². The van der Waals surface area contributed by atoms with E-state index in [2.05, 4.69) is 34.7 Å². The summed E-state index contributed by atoms with van der Waals surface area (Å²) in [6.45, 7) is 1.47. The number of para-hydroxylation sites is 1. The summed E-state index contributed by atoms with van der Waals surface area (Å²) in [6.07, 6.45) is 5.63. The van der Waals surface area contributed by atoms with Crippen molar-refractivity contribution in [2.24, 2.45) is 0 Å². The van der Waals surface area contributed by atoms with Crippen LogP contribution in [0.2, 0.25) is 0 Å². The molecule has 0 unspecified atom stereocenters. The van der Waals surface area contributed by atoms with Gasteiger partial charge in [-0.25, -0.2) is 4.79 Å². The van der Waals surface area contributed by atoms with Crippen LogP contribution in [0.25, 0.3) is 0 Å². The van der Waals surface area contributed by atoms with Crippen LogP contribution in [0.4, 0.5) is 16.2 Å². The first-order chi connectivity index (χ1) is 14.2. The number of amides is 2. The predicted molar refractivity (Wildman–Crippen MR) is 117 cm³/mol. The minimum atomic E-state index is -0.218. The Labute approximate surface area is 173 Å². The molecule has 1 saturated carbocycles. The quantitative estimate of drug-likeness (QED) is 0.604. The van der Waals surface area contributed by atoms with Gasteiger partial charge in [-0.2, -0.15) is 0 Å². The van der Waals surface area contributed by atoms with E-state index in [1.54, 1.807) is 7.11 Å². The van der Waals surface area contributed by atoms with Crippen LogP contribution in [0.5, 0.6) is 11.5 Å². The number of urea groups is 1. The molecular formula is C23H31N3O3. The van der Waals surface area contributed by atoms with E-state index in [4.69, 9.17) is 9.47 Å². The number of carbonyl (C=O) groups excluding carboxylic acids is 1. The maximum atomic E-state index is 12.2. The highest BCUT2D eigenvalue weighted by molar-refractivity contribution is 5.89. The Balaban J connectivity index is 1.44. The molecule has 0 spiro atoms. The van der Waals surface area contributed by atoms with Gasteiger partial charge in [0.25, 0.3) is 0 Å². The average molecular weight is 398 g/mol. The first-order valence-corrected chi connectivity index (χ1v) is 10.3. The fourth-order valence-electron chi connectivity index (χ4n) is 3.54. The summed E-state index contributed by atoms with van der Waals surface area (Å²) < 4.78 is 11.5. The van der Waals surface area contributed by atoms with Crippen LogP contribution in [-0.2, 0) is 0 Å². The lowest BCUT2D eigenvalue weighted by Gasteiger charge is -2.19. The summed E-state index contributed by atoms with van der Waals surface area (Å²) in [6, 6.07) is 15.5. The molecule has 2 amide bonds. The summed E-state index contributed by atoms with van der Waals surface area (Å²) in [7, 11) is 3.68. The summed E-state index contributed by atoms with van der Waals surface area (Å²) in [5.74, 6) is 1.37. The van der Waals surface area contributed by atoms with Crippen LogP contribution in [0.1, 0.15) is 32.1 Å². The molecule has 2 aromatic rings. The van der Waals surface area contributed by atoms with Crippen LogP contribution >= 0.6 is 0 Å². The number of methoxy groups -OCH3 is 1. The molecule has 0 saturated heterocycles. The predicted octanol–water partition coefficient (Wildman–Crippen LogP) is 4.66. The van der Waals surface area contributed by atoms with Crippen LogP contribution in [0, 0.1) is 0 Å². The minimum Gasteiger partial charge on any atom is -0.493 e. The van der Waals surface area contributed by atoms with Gasteiger partial charge < -0.3 is 25.0 Å². The maximum Gasteiger partial charge on any atom is 0.319 e. The van der Waals surface area contributed by atoms with Crippen molar-refractivity contribution < 1.29 is 14.3 Å². The normalized spacial score (nSPS) is 13.7. The topological polar surface area (TPSA) is 62.8 Å². The van der Waals surface area contributed by atoms with Gasteiger partial charge in [-0.1, -0.05) is 18.2 Å². The van der Waals surface area contributed by atoms with Crippen molar-refractivity contribution in [3.63, 3.8) is 0 Å². The molecule has 0 aromatic heterocycles. The zero-order valence-corrected chi connectivity index (χ0v) is 17.3. The molecule has 0 heterocycles. The molecule has 2 aromatic carbocycles. The van der Waals surface area contributed by atoms with E-state index < -0.39 is 0 Å². The number of anilines is 2. The number of ether oxygens (including phenoxy) is 2. The number of nitrogens with one attached hydrogen (secondary N) is 2. The SMILES string of the molecule is COc1ccc(NC(=O)NCCCN(C)c2ccccc2)cc1OC1CCCC1. The molecule has 0 bridgehead atoms. The lowest BCUT2D eigenvalue weighted by Crippen LogP contribution is -2.31. The van der Waals surface area contributed by atoms with Crippen LogP contribution < -0.4 is 25.0 Å². The number of hydrogen-bond acceptors (Lipinski definition) is 4. The molecule has 0 aliphatic heterocycles. The molecule has 0 radical (unpaired) electrons. The summed E-state index contributed by atoms with van der Waals surface area (Å²) in [4.78, 5) is 14.4. The molecule has 0 atom stereocenters. The Kier molecular flexibility index (Phi) is 7.61. The molecule has 6 nitrogen and oxygen atoms in total. The molecular weight excluding hydrogens is 366 g/mol. The highest BCUT2D eigenvalue weighted by Crippen LogP contribution is 2.33. The monoisotopic (exact) mass is 397 g/mol. The molecule has 156 valence electrons. The molecule has 1 aliphatic carbocycles. The Morgan fingerprint density at radius 2 is 1.86 bits per heavy atom. The fraction of sp³-hybridized carbons (Fsp3) is 0.435. The Morgan fingerprint density at radius 1 is 1.10 bits per heavy atom. The van der Waals surface area contributed by atoms with E-state index >= 15 is 0 Å². The Bertz CT molecular complexity index is 776. The Morgan fingerprint density at radius 3 is 2.59 bits per heavy atom. The van der Waals surface area contributed by atoms with E-state index in [-0.39, 0.29) is 12.1 Å². The smallest absolute Gasteiger partial charge is 0.319 e. The highest BCUT2D eigenvalue weighted by Gasteiger charge is 2.19.